The van der Waals surface area contributed by atoms with Gasteiger partial charge in [-0.3, -0.25) is 14.3 Å². The smallest absolute Gasteiger partial charge is 0.328 e. The fraction of sp³-hybridized carbons (Fsp3) is 0.167. The normalized spacial score (nSPS) is 10.4. The molecule has 5 nitrogen and oxygen atoms in total. The first-order valence-corrected chi connectivity index (χ1v) is 7.02. The van der Waals surface area contributed by atoms with E-state index in [1.165, 1.54) is 10.8 Å². The van der Waals surface area contributed by atoms with Gasteiger partial charge in [0.15, 0.2) is 0 Å². The fourth-order valence-corrected chi connectivity index (χ4v) is 2.19. The highest BCUT2D eigenvalue weighted by molar-refractivity contribution is 9.10. The van der Waals surface area contributed by atoms with Crippen molar-refractivity contribution in [2.24, 2.45) is 0 Å². The van der Waals surface area contributed by atoms with E-state index >= 15 is 0 Å². The fourth-order valence-electron chi connectivity index (χ4n) is 1.47. The molecule has 0 atom stereocenters. The molecule has 0 saturated carbocycles. The zero-order valence-corrected chi connectivity index (χ0v) is 12.9. The molecule has 0 saturated heterocycles. The number of rotatable bonds is 4. The molecule has 0 radical (unpaired) electrons. The Morgan fingerprint density at radius 3 is 2.79 bits per heavy atom. The summed E-state index contributed by atoms with van der Waals surface area (Å²) in [6, 6.07) is 7.43. The summed E-state index contributed by atoms with van der Waals surface area (Å²) in [6.45, 7) is 0.676. The predicted octanol–water partition coefficient (Wildman–Crippen LogP) is 2.14. The summed E-state index contributed by atoms with van der Waals surface area (Å²) >= 11 is 6.42. The second kappa shape index (κ2) is 6.21. The molecule has 1 heterocycles. The Kier molecular flexibility index (Phi) is 4.60. The summed E-state index contributed by atoms with van der Waals surface area (Å²) in [6.07, 6.45) is 1.45. The van der Waals surface area contributed by atoms with Crippen LogP contribution in [0.25, 0.3) is 0 Å². The van der Waals surface area contributed by atoms with Crippen LogP contribution in [0, 0.1) is 0 Å². The molecule has 2 aromatic rings. The van der Waals surface area contributed by atoms with Gasteiger partial charge in [0.2, 0.25) is 0 Å². The van der Waals surface area contributed by atoms with E-state index in [2.05, 4.69) is 36.8 Å². The number of aromatic amines is 1. The number of hydrogen-bond donors (Lipinski definition) is 1. The predicted molar refractivity (Wildman–Crippen MR) is 78.7 cm³/mol. The number of nitrogens with zero attached hydrogens (tertiary/aromatic N) is 1. The van der Waals surface area contributed by atoms with Crippen molar-refractivity contribution in [1.29, 1.82) is 0 Å². The molecule has 0 amide bonds. The molecule has 0 aliphatic heterocycles. The maximum Gasteiger partial charge on any atom is 0.328 e. The van der Waals surface area contributed by atoms with Crippen LogP contribution in [0.3, 0.4) is 0 Å². The minimum Gasteiger partial charge on any atom is -0.492 e. The van der Waals surface area contributed by atoms with Gasteiger partial charge in [-0.15, -0.1) is 0 Å². The molecule has 100 valence electrons. The first-order valence-electron chi connectivity index (χ1n) is 5.44. The SMILES string of the molecule is O=c1[nH]c(=O)n(CCOc2cccc(Br)c2)cc1Br. The highest BCUT2D eigenvalue weighted by Gasteiger charge is 2.02. The van der Waals surface area contributed by atoms with E-state index in [1.807, 2.05) is 24.3 Å². The molecule has 0 unspecified atom stereocenters. The first-order chi connectivity index (χ1) is 9.06. The van der Waals surface area contributed by atoms with E-state index in [-0.39, 0.29) is 0 Å². The highest BCUT2D eigenvalue weighted by Crippen LogP contribution is 2.17. The third-order valence-electron chi connectivity index (χ3n) is 2.36. The molecule has 2 rings (SSSR count). The van der Waals surface area contributed by atoms with Gasteiger partial charge in [0.1, 0.15) is 12.4 Å². The lowest BCUT2D eigenvalue weighted by Gasteiger charge is -2.08. The molecule has 1 aromatic heterocycles. The standard InChI is InChI=1S/C12H10Br2N2O3/c13-8-2-1-3-9(6-8)19-5-4-16-7-10(14)11(17)15-12(16)18/h1-3,6-7H,4-5H2,(H,15,17,18). The Morgan fingerprint density at radius 2 is 2.05 bits per heavy atom. The molecule has 1 aromatic carbocycles. The number of hydrogen-bond acceptors (Lipinski definition) is 3. The summed E-state index contributed by atoms with van der Waals surface area (Å²) in [7, 11) is 0. The third kappa shape index (κ3) is 3.81. The van der Waals surface area contributed by atoms with Crippen molar-refractivity contribution in [3.05, 3.63) is 60.2 Å². The Labute approximate surface area is 125 Å². The number of ether oxygens (including phenoxy) is 1. The van der Waals surface area contributed by atoms with Gasteiger partial charge >= 0.3 is 5.69 Å². The van der Waals surface area contributed by atoms with E-state index < -0.39 is 11.2 Å². The van der Waals surface area contributed by atoms with Gasteiger partial charge in [-0.25, -0.2) is 4.79 Å². The molecule has 19 heavy (non-hydrogen) atoms. The molecular weight excluding hydrogens is 380 g/mol. The van der Waals surface area contributed by atoms with E-state index in [0.717, 1.165) is 4.47 Å². The molecule has 0 bridgehead atoms. The van der Waals surface area contributed by atoms with Gasteiger partial charge in [-0.2, -0.15) is 0 Å². The van der Waals surface area contributed by atoms with Crippen LogP contribution in [0.4, 0.5) is 0 Å². The number of aromatic nitrogens is 2. The quantitative estimate of drug-likeness (QED) is 0.871. The Balaban J connectivity index is 2.02. The molecule has 7 heteroatoms. The van der Waals surface area contributed by atoms with Crippen LogP contribution in [-0.2, 0) is 6.54 Å². The van der Waals surface area contributed by atoms with Crippen LogP contribution in [-0.4, -0.2) is 16.2 Å². The van der Waals surface area contributed by atoms with Crippen molar-refractivity contribution < 1.29 is 4.74 Å². The van der Waals surface area contributed by atoms with E-state index in [9.17, 15) is 9.59 Å². The number of H-pyrrole nitrogens is 1. The lowest BCUT2D eigenvalue weighted by molar-refractivity contribution is 0.295. The number of benzene rings is 1. The topological polar surface area (TPSA) is 64.1 Å². The van der Waals surface area contributed by atoms with Gasteiger partial charge in [-0.1, -0.05) is 22.0 Å². The van der Waals surface area contributed by atoms with Crippen molar-refractivity contribution in [2.45, 2.75) is 6.54 Å². The van der Waals surface area contributed by atoms with Crippen molar-refractivity contribution in [3.8, 4) is 5.75 Å². The van der Waals surface area contributed by atoms with Gasteiger partial charge < -0.3 is 4.74 Å². The monoisotopic (exact) mass is 388 g/mol. The third-order valence-corrected chi connectivity index (χ3v) is 3.42. The van der Waals surface area contributed by atoms with E-state index in [4.69, 9.17) is 4.74 Å². The zero-order valence-electron chi connectivity index (χ0n) is 9.73. The van der Waals surface area contributed by atoms with Crippen molar-refractivity contribution in [3.63, 3.8) is 0 Å². The summed E-state index contributed by atoms with van der Waals surface area (Å²) in [4.78, 5) is 24.9. The van der Waals surface area contributed by atoms with Crippen LogP contribution in [0.1, 0.15) is 0 Å². The lowest BCUT2D eigenvalue weighted by atomic mass is 10.3. The van der Waals surface area contributed by atoms with Crippen LogP contribution >= 0.6 is 31.9 Å². The van der Waals surface area contributed by atoms with Crippen LogP contribution < -0.4 is 16.0 Å². The summed E-state index contributed by atoms with van der Waals surface area (Å²) in [5.41, 5.74) is -0.889. The molecule has 1 N–H and O–H groups in total. The maximum absolute atomic E-state index is 11.5. The Bertz CT molecular complexity index is 694. The first kappa shape index (κ1) is 14.1. The average Bonchev–Trinajstić information content (AvgIpc) is 2.35. The zero-order chi connectivity index (χ0) is 13.8. The lowest BCUT2D eigenvalue weighted by Crippen LogP contribution is -2.31. The van der Waals surface area contributed by atoms with Gasteiger partial charge in [0, 0.05) is 10.7 Å². The molecular formula is C12H10Br2N2O3. The number of halogens is 2. The Morgan fingerprint density at radius 1 is 1.26 bits per heavy atom. The second-order valence-electron chi connectivity index (χ2n) is 3.74. The minimum atomic E-state index is -0.453. The van der Waals surface area contributed by atoms with Crippen LogP contribution in [0.15, 0.2) is 49.0 Å². The van der Waals surface area contributed by atoms with Crippen molar-refractivity contribution in [2.75, 3.05) is 6.61 Å². The minimum absolute atomic E-state index is 0.314. The van der Waals surface area contributed by atoms with Gasteiger partial charge in [0.05, 0.1) is 11.0 Å². The van der Waals surface area contributed by atoms with E-state index in [1.54, 1.807) is 0 Å². The second-order valence-corrected chi connectivity index (χ2v) is 5.51. The van der Waals surface area contributed by atoms with Gasteiger partial charge in [0.25, 0.3) is 5.56 Å². The van der Waals surface area contributed by atoms with E-state index in [0.29, 0.717) is 23.4 Å². The number of nitrogens with one attached hydrogen (secondary N) is 1. The Hall–Kier alpha value is -1.34. The largest absolute Gasteiger partial charge is 0.492 e. The van der Waals surface area contributed by atoms with Gasteiger partial charge in [-0.05, 0) is 34.1 Å². The molecule has 0 spiro atoms. The maximum atomic E-state index is 11.5. The molecule has 0 fully saturated rings. The summed E-state index contributed by atoms with van der Waals surface area (Å²) < 4.78 is 8.14. The highest BCUT2D eigenvalue weighted by atomic mass is 79.9. The van der Waals surface area contributed by atoms with Crippen LogP contribution in [0.5, 0.6) is 5.75 Å². The summed E-state index contributed by atoms with van der Waals surface area (Å²) in [5.74, 6) is 0.714. The van der Waals surface area contributed by atoms with Crippen LogP contribution in [0.2, 0.25) is 0 Å². The average molecular weight is 390 g/mol. The van der Waals surface area contributed by atoms with Crippen molar-refractivity contribution >= 4 is 31.9 Å². The van der Waals surface area contributed by atoms with Crippen molar-refractivity contribution in [1.82, 2.24) is 9.55 Å². The molecule has 0 aliphatic carbocycles. The molecule has 0 aliphatic rings. The summed E-state index contributed by atoms with van der Waals surface area (Å²) in [5, 5.41) is 0.